The van der Waals surface area contributed by atoms with Crippen molar-refractivity contribution in [3.8, 4) is 0 Å². The van der Waals surface area contributed by atoms with E-state index < -0.39 is 0 Å². The Morgan fingerprint density at radius 2 is 1.90 bits per heavy atom. The third-order valence-corrected chi connectivity index (χ3v) is 5.49. The molecule has 0 unspecified atom stereocenters. The van der Waals surface area contributed by atoms with Crippen LogP contribution in [0.4, 0.5) is 0 Å². The van der Waals surface area contributed by atoms with Gasteiger partial charge in [0.2, 0.25) is 0 Å². The van der Waals surface area contributed by atoms with Crippen molar-refractivity contribution in [2.45, 2.75) is 33.4 Å². The molecule has 0 atom stereocenters. The van der Waals surface area contributed by atoms with Crippen molar-refractivity contribution in [2.24, 2.45) is 12.0 Å². The fraction of sp³-hybridized carbons (Fsp3) is 0.591. The zero-order valence-corrected chi connectivity index (χ0v) is 18.8. The molecule has 30 heavy (non-hydrogen) atoms. The van der Waals surface area contributed by atoms with Gasteiger partial charge in [-0.15, -0.1) is 10.2 Å². The molecule has 0 bridgehead atoms. The molecule has 1 saturated heterocycles. The first-order valence-electron chi connectivity index (χ1n) is 10.7. The van der Waals surface area contributed by atoms with E-state index in [2.05, 4.69) is 63.6 Å². The predicted octanol–water partition coefficient (Wildman–Crippen LogP) is 1.73. The molecule has 1 fully saturated rings. The van der Waals surface area contributed by atoms with E-state index in [0.29, 0.717) is 6.54 Å². The van der Waals surface area contributed by atoms with Crippen molar-refractivity contribution in [2.75, 3.05) is 46.4 Å². The summed E-state index contributed by atoms with van der Waals surface area (Å²) in [6, 6.07) is 8.65. The van der Waals surface area contributed by atoms with Crippen LogP contribution in [0.15, 0.2) is 29.3 Å². The summed E-state index contributed by atoms with van der Waals surface area (Å²) in [5, 5.41) is 11.9. The number of hydrogen-bond acceptors (Lipinski definition) is 5. The van der Waals surface area contributed by atoms with Crippen LogP contribution in [0.5, 0.6) is 0 Å². The van der Waals surface area contributed by atoms with Gasteiger partial charge in [-0.2, -0.15) is 0 Å². The Morgan fingerprint density at radius 1 is 1.17 bits per heavy atom. The molecule has 1 aliphatic heterocycles. The standard InChI is InChI=1S/C22H35N7O/c1-18-6-8-20(9-7-18)17-27(3)22(24-16-21-26-25-19(2)28(21)4)23-10-5-11-29-12-14-30-15-13-29/h6-9H,5,10-17H2,1-4H3,(H,23,24). The maximum absolute atomic E-state index is 5.43. The number of morpholine rings is 1. The summed E-state index contributed by atoms with van der Waals surface area (Å²) in [6.07, 6.45) is 1.07. The maximum atomic E-state index is 5.43. The number of hydrogen-bond donors (Lipinski definition) is 1. The van der Waals surface area contributed by atoms with Gasteiger partial charge >= 0.3 is 0 Å². The summed E-state index contributed by atoms with van der Waals surface area (Å²) >= 11 is 0. The minimum absolute atomic E-state index is 0.501. The van der Waals surface area contributed by atoms with E-state index in [1.54, 1.807) is 0 Å². The maximum Gasteiger partial charge on any atom is 0.194 e. The summed E-state index contributed by atoms with van der Waals surface area (Å²) < 4.78 is 7.41. The molecule has 0 aliphatic carbocycles. The van der Waals surface area contributed by atoms with Crippen LogP contribution in [0.3, 0.4) is 0 Å². The second kappa shape index (κ2) is 11.1. The van der Waals surface area contributed by atoms with Crippen LogP contribution in [0.2, 0.25) is 0 Å². The first-order valence-corrected chi connectivity index (χ1v) is 10.7. The van der Waals surface area contributed by atoms with Gasteiger partial charge in [0.05, 0.1) is 13.2 Å². The fourth-order valence-electron chi connectivity index (χ4n) is 3.42. The molecular weight excluding hydrogens is 378 g/mol. The number of aromatic nitrogens is 3. The molecule has 8 heteroatoms. The Kier molecular flexibility index (Phi) is 8.21. The second-order valence-electron chi connectivity index (χ2n) is 7.94. The normalized spacial score (nSPS) is 15.4. The van der Waals surface area contributed by atoms with Gasteiger partial charge in [0.1, 0.15) is 12.4 Å². The average molecular weight is 414 g/mol. The smallest absolute Gasteiger partial charge is 0.194 e. The van der Waals surface area contributed by atoms with E-state index >= 15 is 0 Å². The van der Waals surface area contributed by atoms with Gasteiger partial charge in [0, 0.05) is 40.3 Å². The highest BCUT2D eigenvalue weighted by atomic mass is 16.5. The van der Waals surface area contributed by atoms with Crippen molar-refractivity contribution in [1.82, 2.24) is 29.9 Å². The van der Waals surface area contributed by atoms with E-state index in [0.717, 1.165) is 70.0 Å². The molecular formula is C22H35N7O. The molecule has 8 nitrogen and oxygen atoms in total. The summed E-state index contributed by atoms with van der Waals surface area (Å²) in [4.78, 5) is 9.47. The highest BCUT2D eigenvalue weighted by Gasteiger charge is 2.12. The fourth-order valence-corrected chi connectivity index (χ4v) is 3.42. The van der Waals surface area contributed by atoms with Gasteiger partial charge in [-0.05, 0) is 32.4 Å². The summed E-state index contributed by atoms with van der Waals surface area (Å²) in [7, 11) is 4.06. The molecule has 3 rings (SSSR count). The number of benzene rings is 1. The van der Waals surface area contributed by atoms with Gasteiger partial charge in [-0.25, -0.2) is 4.99 Å². The van der Waals surface area contributed by atoms with Crippen molar-refractivity contribution in [3.05, 3.63) is 47.0 Å². The number of rotatable bonds is 8. The number of nitrogens with one attached hydrogen (secondary N) is 1. The average Bonchev–Trinajstić information content (AvgIpc) is 3.07. The summed E-state index contributed by atoms with van der Waals surface area (Å²) in [5.41, 5.74) is 2.54. The molecule has 2 heterocycles. The lowest BCUT2D eigenvalue weighted by molar-refractivity contribution is 0.0375. The highest BCUT2D eigenvalue weighted by Crippen LogP contribution is 2.07. The lowest BCUT2D eigenvalue weighted by Gasteiger charge is -2.27. The van der Waals surface area contributed by atoms with E-state index in [9.17, 15) is 0 Å². The molecule has 1 aliphatic rings. The largest absolute Gasteiger partial charge is 0.379 e. The number of ether oxygens (including phenoxy) is 1. The third kappa shape index (κ3) is 6.53. The van der Waals surface area contributed by atoms with Gasteiger partial charge < -0.3 is 19.5 Å². The SMILES string of the molecule is Cc1ccc(CN(C)C(=NCc2nnc(C)n2C)NCCCN2CCOCC2)cc1. The Balaban J connectivity index is 1.59. The van der Waals surface area contributed by atoms with Crippen LogP contribution < -0.4 is 5.32 Å². The molecule has 0 saturated carbocycles. The zero-order valence-electron chi connectivity index (χ0n) is 18.8. The molecule has 164 valence electrons. The van der Waals surface area contributed by atoms with Crippen LogP contribution in [-0.2, 0) is 24.9 Å². The Bertz CT molecular complexity index is 809. The monoisotopic (exact) mass is 413 g/mol. The number of aryl methyl sites for hydroxylation is 2. The molecule has 1 N–H and O–H groups in total. The molecule has 0 radical (unpaired) electrons. The van der Waals surface area contributed by atoms with Crippen LogP contribution >= 0.6 is 0 Å². The Morgan fingerprint density at radius 3 is 2.57 bits per heavy atom. The quantitative estimate of drug-likeness (QED) is 0.404. The molecule has 0 spiro atoms. The zero-order chi connectivity index (χ0) is 21.3. The lowest BCUT2D eigenvalue weighted by atomic mass is 10.1. The molecule has 0 amide bonds. The van der Waals surface area contributed by atoms with E-state index in [1.807, 2.05) is 18.5 Å². The Labute approximate surface area is 179 Å². The number of guanidine groups is 1. The van der Waals surface area contributed by atoms with Crippen LogP contribution in [0.25, 0.3) is 0 Å². The minimum Gasteiger partial charge on any atom is -0.379 e. The van der Waals surface area contributed by atoms with Crippen molar-refractivity contribution >= 4 is 5.96 Å². The van der Waals surface area contributed by atoms with E-state index in [4.69, 9.17) is 9.73 Å². The van der Waals surface area contributed by atoms with E-state index in [1.165, 1.54) is 11.1 Å². The topological polar surface area (TPSA) is 70.8 Å². The van der Waals surface area contributed by atoms with Crippen molar-refractivity contribution in [3.63, 3.8) is 0 Å². The third-order valence-electron chi connectivity index (χ3n) is 5.49. The van der Waals surface area contributed by atoms with Crippen molar-refractivity contribution in [1.29, 1.82) is 0 Å². The summed E-state index contributed by atoms with van der Waals surface area (Å²) in [6.45, 7) is 11.1. The van der Waals surface area contributed by atoms with Gasteiger partial charge in [-0.3, -0.25) is 4.90 Å². The first kappa shape index (κ1) is 22.2. The van der Waals surface area contributed by atoms with Crippen LogP contribution in [-0.4, -0.2) is 77.0 Å². The number of nitrogens with zero attached hydrogens (tertiary/aromatic N) is 6. The number of aliphatic imine (C=N–C) groups is 1. The first-order chi connectivity index (χ1) is 14.5. The Hall–Kier alpha value is -2.45. The van der Waals surface area contributed by atoms with Crippen LogP contribution in [0.1, 0.15) is 29.2 Å². The van der Waals surface area contributed by atoms with Gasteiger partial charge in [-0.1, -0.05) is 29.8 Å². The summed E-state index contributed by atoms with van der Waals surface area (Å²) in [5.74, 6) is 2.65. The lowest BCUT2D eigenvalue weighted by Crippen LogP contribution is -2.41. The van der Waals surface area contributed by atoms with Gasteiger partial charge in [0.15, 0.2) is 11.8 Å². The minimum atomic E-state index is 0.501. The van der Waals surface area contributed by atoms with Gasteiger partial charge in [0.25, 0.3) is 0 Å². The van der Waals surface area contributed by atoms with Crippen molar-refractivity contribution < 1.29 is 4.74 Å². The highest BCUT2D eigenvalue weighted by molar-refractivity contribution is 5.79. The van der Waals surface area contributed by atoms with E-state index in [-0.39, 0.29) is 0 Å². The second-order valence-corrected chi connectivity index (χ2v) is 7.94. The predicted molar refractivity (Wildman–Crippen MR) is 119 cm³/mol. The molecule has 2 aromatic rings. The molecule has 1 aromatic carbocycles. The van der Waals surface area contributed by atoms with Crippen LogP contribution in [0, 0.1) is 13.8 Å². The molecule has 1 aromatic heterocycles.